The molecule has 1 fully saturated rings. The van der Waals surface area contributed by atoms with Gasteiger partial charge in [-0.25, -0.2) is 13.2 Å². The van der Waals surface area contributed by atoms with Crippen molar-refractivity contribution in [2.45, 2.75) is 24.8 Å². The van der Waals surface area contributed by atoms with E-state index < -0.39 is 29.3 Å². The van der Waals surface area contributed by atoms with E-state index in [4.69, 9.17) is 0 Å². The molecule has 2 nitrogen and oxygen atoms in total. The van der Waals surface area contributed by atoms with Gasteiger partial charge in [-0.2, -0.15) is 0 Å². The number of benzene rings is 2. The van der Waals surface area contributed by atoms with E-state index in [0.717, 1.165) is 5.56 Å². The smallest absolute Gasteiger partial charge is 0.174 e. The van der Waals surface area contributed by atoms with Crippen molar-refractivity contribution in [2.75, 3.05) is 0 Å². The van der Waals surface area contributed by atoms with Gasteiger partial charge in [0.05, 0.1) is 5.92 Å². The van der Waals surface area contributed by atoms with E-state index in [0.29, 0.717) is 12.1 Å². The van der Waals surface area contributed by atoms with Gasteiger partial charge in [-0.05, 0) is 12.5 Å². The van der Waals surface area contributed by atoms with Gasteiger partial charge in [-0.3, -0.25) is 9.88 Å². The highest BCUT2D eigenvalue weighted by atomic mass is 31.1. The zero-order chi connectivity index (χ0) is 16.6. The second-order valence-electron chi connectivity index (χ2n) is 5.62. The summed E-state index contributed by atoms with van der Waals surface area (Å²) in [5, 5.41) is 3.09. The summed E-state index contributed by atoms with van der Waals surface area (Å²) < 4.78 is 41.7. The van der Waals surface area contributed by atoms with Gasteiger partial charge in [-0.1, -0.05) is 30.3 Å². The van der Waals surface area contributed by atoms with Crippen molar-refractivity contribution in [3.8, 4) is 0 Å². The van der Waals surface area contributed by atoms with Crippen molar-refractivity contribution in [2.24, 2.45) is 0 Å². The van der Waals surface area contributed by atoms with Gasteiger partial charge in [0.1, 0.15) is 17.5 Å². The Hall–Kier alpha value is -1.71. The molecule has 1 saturated heterocycles. The van der Waals surface area contributed by atoms with Crippen molar-refractivity contribution >= 4 is 14.3 Å². The second-order valence-corrected chi connectivity index (χ2v) is 6.65. The van der Waals surface area contributed by atoms with E-state index >= 15 is 0 Å². The molecule has 0 aromatic heterocycles. The lowest BCUT2D eigenvalue weighted by atomic mass is 9.77. The molecule has 3 rings (SSSR count). The Kier molecular flexibility index (Phi) is 4.51. The molecule has 6 heteroatoms. The maximum absolute atomic E-state index is 14.2. The molecule has 0 aliphatic carbocycles. The van der Waals surface area contributed by atoms with Gasteiger partial charge >= 0.3 is 0 Å². The summed E-state index contributed by atoms with van der Waals surface area (Å²) in [4.78, 5) is 12.4. The SMILES string of the molecule is CC1NPC(=O)C(c2c(F)cc(F)cc2F)C1c1ccccc1. The minimum Gasteiger partial charge on any atom is -0.293 e. The zero-order valence-corrected chi connectivity index (χ0v) is 13.3. The first kappa shape index (κ1) is 16.2. The van der Waals surface area contributed by atoms with E-state index in [1.54, 1.807) is 0 Å². The topological polar surface area (TPSA) is 29.1 Å². The number of carbonyl (C=O) groups excluding carboxylic acids is 1. The van der Waals surface area contributed by atoms with E-state index in [9.17, 15) is 18.0 Å². The molecule has 0 saturated carbocycles. The molecule has 120 valence electrons. The molecule has 0 radical (unpaired) electrons. The van der Waals surface area contributed by atoms with Gasteiger partial charge in [0.25, 0.3) is 0 Å². The molecule has 2 aromatic rings. The molecule has 1 aliphatic rings. The Morgan fingerprint density at radius 3 is 2.26 bits per heavy atom. The summed E-state index contributed by atoms with van der Waals surface area (Å²) in [6, 6.07) is 10.3. The first-order chi connectivity index (χ1) is 11.0. The van der Waals surface area contributed by atoms with Gasteiger partial charge in [0.2, 0.25) is 0 Å². The van der Waals surface area contributed by atoms with Crippen LogP contribution in [0.5, 0.6) is 0 Å². The van der Waals surface area contributed by atoms with Gasteiger partial charge in [-0.15, -0.1) is 0 Å². The molecule has 1 heterocycles. The Morgan fingerprint density at radius 2 is 1.65 bits per heavy atom. The van der Waals surface area contributed by atoms with Crippen LogP contribution in [0.3, 0.4) is 0 Å². The van der Waals surface area contributed by atoms with Crippen LogP contribution in [0.2, 0.25) is 0 Å². The quantitative estimate of drug-likeness (QED) is 0.837. The van der Waals surface area contributed by atoms with Crippen molar-refractivity contribution in [3.05, 3.63) is 71.0 Å². The minimum atomic E-state index is -1.01. The summed E-state index contributed by atoms with van der Waals surface area (Å²) in [6.07, 6.45) is 0. The fraction of sp³-hybridized carbons (Fsp3) is 0.235. The highest BCUT2D eigenvalue weighted by Crippen LogP contribution is 2.45. The maximum Gasteiger partial charge on any atom is 0.174 e. The standard InChI is InChI=1S/C17H15F3NOP/c1-9-14(10-5-3-2-4-6-10)16(17(22)23-21-9)15-12(19)7-11(18)8-13(15)20/h2-9,14,16,21,23H,1H3. The largest absolute Gasteiger partial charge is 0.293 e. The van der Waals surface area contributed by atoms with Crippen LogP contribution in [0.25, 0.3) is 0 Å². The fourth-order valence-corrected chi connectivity index (χ4v) is 4.15. The van der Waals surface area contributed by atoms with Gasteiger partial charge in [0.15, 0.2) is 5.52 Å². The third-order valence-corrected chi connectivity index (χ3v) is 5.30. The minimum absolute atomic E-state index is 0.137. The second kappa shape index (κ2) is 6.42. The summed E-state index contributed by atoms with van der Waals surface area (Å²) in [6.45, 7) is 1.88. The summed E-state index contributed by atoms with van der Waals surface area (Å²) in [5.41, 5.74) is 0.200. The molecular formula is C17H15F3NOP. The number of rotatable bonds is 2. The number of hydrogen-bond donors (Lipinski definition) is 1. The van der Waals surface area contributed by atoms with Crippen LogP contribution in [-0.4, -0.2) is 11.6 Å². The van der Waals surface area contributed by atoms with Crippen LogP contribution < -0.4 is 5.09 Å². The lowest BCUT2D eigenvalue weighted by Crippen LogP contribution is -2.39. The van der Waals surface area contributed by atoms with E-state index in [1.165, 1.54) is 0 Å². The average Bonchev–Trinajstić information content (AvgIpc) is 2.50. The van der Waals surface area contributed by atoms with E-state index in [1.807, 2.05) is 37.3 Å². The lowest BCUT2D eigenvalue weighted by molar-refractivity contribution is -0.113. The van der Waals surface area contributed by atoms with E-state index in [-0.39, 0.29) is 25.9 Å². The average molecular weight is 337 g/mol. The molecule has 23 heavy (non-hydrogen) atoms. The molecular weight excluding hydrogens is 322 g/mol. The first-order valence-electron chi connectivity index (χ1n) is 7.24. The zero-order valence-electron chi connectivity index (χ0n) is 12.3. The summed E-state index contributed by atoms with van der Waals surface area (Å²) in [7, 11) is -0.234. The highest BCUT2D eigenvalue weighted by molar-refractivity contribution is 7.56. The monoisotopic (exact) mass is 337 g/mol. The molecule has 0 bridgehead atoms. The van der Waals surface area contributed by atoms with Crippen molar-refractivity contribution in [1.82, 2.24) is 5.09 Å². The number of hydrogen-bond acceptors (Lipinski definition) is 2. The predicted octanol–water partition coefficient (Wildman–Crippen LogP) is 4.08. The number of halogens is 3. The Labute approximate surface area is 133 Å². The van der Waals surface area contributed by atoms with Gasteiger partial charge in [0, 0.05) is 38.4 Å². The predicted molar refractivity (Wildman–Crippen MR) is 84.2 cm³/mol. The first-order valence-corrected chi connectivity index (χ1v) is 8.24. The van der Waals surface area contributed by atoms with Crippen LogP contribution in [-0.2, 0) is 4.79 Å². The summed E-state index contributed by atoms with van der Waals surface area (Å²) >= 11 is 0. The Balaban J connectivity index is 2.15. The number of carbonyl (C=O) groups is 1. The maximum atomic E-state index is 14.2. The molecule has 1 N–H and O–H groups in total. The highest BCUT2D eigenvalue weighted by Gasteiger charge is 2.41. The molecule has 4 unspecified atom stereocenters. The van der Waals surface area contributed by atoms with Crippen LogP contribution in [0.1, 0.15) is 29.9 Å². The van der Waals surface area contributed by atoms with Gasteiger partial charge < -0.3 is 0 Å². The van der Waals surface area contributed by atoms with Crippen LogP contribution in [0.15, 0.2) is 42.5 Å². The third kappa shape index (κ3) is 3.04. The number of nitrogens with one attached hydrogen (secondary N) is 1. The fourth-order valence-electron chi connectivity index (χ4n) is 3.12. The third-order valence-electron chi connectivity index (χ3n) is 4.14. The van der Waals surface area contributed by atoms with Crippen molar-refractivity contribution < 1.29 is 18.0 Å². The van der Waals surface area contributed by atoms with Crippen LogP contribution in [0.4, 0.5) is 13.2 Å². The molecule has 2 aromatic carbocycles. The van der Waals surface area contributed by atoms with E-state index in [2.05, 4.69) is 5.09 Å². The normalized spacial score (nSPS) is 25.7. The van der Waals surface area contributed by atoms with Crippen LogP contribution >= 0.6 is 8.73 Å². The van der Waals surface area contributed by atoms with Crippen LogP contribution in [0, 0.1) is 17.5 Å². The molecule has 4 atom stereocenters. The Bertz CT molecular complexity index is 715. The van der Waals surface area contributed by atoms with Crippen molar-refractivity contribution in [1.29, 1.82) is 0 Å². The molecule has 0 amide bonds. The molecule has 0 spiro atoms. The van der Waals surface area contributed by atoms with Crippen molar-refractivity contribution in [3.63, 3.8) is 0 Å². The molecule has 1 aliphatic heterocycles. The Morgan fingerprint density at radius 1 is 1.04 bits per heavy atom. The lowest BCUT2D eigenvalue weighted by Gasteiger charge is -2.37. The summed E-state index contributed by atoms with van der Waals surface area (Å²) in [5.74, 6) is -4.40.